The van der Waals surface area contributed by atoms with Crippen molar-refractivity contribution in [3.63, 3.8) is 0 Å². The highest BCUT2D eigenvalue weighted by atomic mass is 31.2. The molecule has 0 spiro atoms. The highest BCUT2D eigenvalue weighted by Gasteiger charge is 2.32. The van der Waals surface area contributed by atoms with Gasteiger partial charge in [0.25, 0.3) is 0 Å². The third-order valence-electron chi connectivity index (χ3n) is 1.69. The Balaban J connectivity index is 2.93. The number of rotatable bonds is 3. The predicted molar refractivity (Wildman–Crippen MR) is 50.8 cm³/mol. The van der Waals surface area contributed by atoms with Crippen LogP contribution in [0.5, 0.6) is 0 Å². The fourth-order valence-corrected chi connectivity index (χ4v) is 1.38. The van der Waals surface area contributed by atoms with Crippen LogP contribution in [0.1, 0.15) is 10.4 Å². The van der Waals surface area contributed by atoms with E-state index in [4.69, 9.17) is 15.5 Å². The normalized spacial score (nSPS) is 13.6. The van der Waals surface area contributed by atoms with Gasteiger partial charge >= 0.3 is 7.60 Å². The Kier molecular flexibility index (Phi) is 3.18. The smallest absolute Gasteiger partial charge is 0.323 e. The maximum atomic E-state index is 11.4. The van der Waals surface area contributed by atoms with Crippen molar-refractivity contribution < 1.29 is 19.1 Å². The lowest BCUT2D eigenvalue weighted by molar-refractivity contribution is 0.0979. The summed E-state index contributed by atoms with van der Waals surface area (Å²) in [6.07, 6.45) is 0. The number of ketones is 1. The van der Waals surface area contributed by atoms with Crippen molar-refractivity contribution in [2.75, 3.05) is 0 Å². The Bertz CT molecular complexity index is 372. The van der Waals surface area contributed by atoms with Gasteiger partial charge in [0.15, 0.2) is 11.6 Å². The molecule has 0 heterocycles. The number of benzene rings is 1. The summed E-state index contributed by atoms with van der Waals surface area (Å²) >= 11 is 0. The monoisotopic (exact) mass is 215 g/mol. The van der Waals surface area contributed by atoms with Crippen LogP contribution in [0.4, 0.5) is 0 Å². The van der Waals surface area contributed by atoms with Crippen molar-refractivity contribution in [1.82, 2.24) is 0 Å². The first kappa shape index (κ1) is 11.1. The summed E-state index contributed by atoms with van der Waals surface area (Å²) in [6, 6.07) is 7.80. The molecule has 0 aliphatic carbocycles. The molecule has 0 radical (unpaired) electrons. The molecular weight excluding hydrogens is 205 g/mol. The molecule has 1 atom stereocenters. The van der Waals surface area contributed by atoms with Crippen LogP contribution in [-0.2, 0) is 4.57 Å². The molecule has 1 aromatic rings. The third-order valence-corrected chi connectivity index (χ3v) is 2.65. The molecule has 0 saturated carbocycles. The fourth-order valence-electron chi connectivity index (χ4n) is 0.926. The zero-order valence-electron chi connectivity index (χ0n) is 7.20. The second-order valence-electron chi connectivity index (χ2n) is 2.76. The van der Waals surface area contributed by atoms with Gasteiger partial charge in [-0.15, -0.1) is 0 Å². The maximum absolute atomic E-state index is 11.4. The van der Waals surface area contributed by atoms with E-state index in [9.17, 15) is 9.36 Å². The minimum Gasteiger partial charge on any atom is -0.323 e. The molecule has 0 amide bonds. The van der Waals surface area contributed by atoms with Crippen molar-refractivity contribution in [2.24, 2.45) is 5.73 Å². The molecule has 0 aromatic heterocycles. The lowest BCUT2D eigenvalue weighted by Crippen LogP contribution is -2.30. The standard InChI is InChI=1S/C8H10NO4P/c9-8(14(11,12)13)7(10)6-4-2-1-3-5-6/h1-5,8H,9H2,(H2,11,12,13). The van der Waals surface area contributed by atoms with E-state index in [1.807, 2.05) is 0 Å². The highest BCUT2D eigenvalue weighted by Crippen LogP contribution is 2.39. The molecular formula is C8H10NO4P. The molecule has 14 heavy (non-hydrogen) atoms. The Morgan fingerprint density at radius 2 is 1.79 bits per heavy atom. The number of Topliss-reactive ketones (excluding diaryl/α,β-unsaturated/α-hetero) is 1. The van der Waals surface area contributed by atoms with Crippen LogP contribution in [0.15, 0.2) is 30.3 Å². The van der Waals surface area contributed by atoms with Crippen LogP contribution >= 0.6 is 7.60 Å². The van der Waals surface area contributed by atoms with Gasteiger partial charge in [-0.3, -0.25) is 9.36 Å². The second-order valence-corrected chi connectivity index (χ2v) is 4.50. The molecule has 6 heteroatoms. The Hall–Kier alpha value is -1.00. The number of nitrogens with two attached hydrogens (primary N) is 1. The highest BCUT2D eigenvalue weighted by molar-refractivity contribution is 7.53. The van der Waals surface area contributed by atoms with E-state index in [-0.39, 0.29) is 5.56 Å². The molecule has 0 aliphatic heterocycles. The van der Waals surface area contributed by atoms with Crippen LogP contribution in [0.2, 0.25) is 0 Å². The van der Waals surface area contributed by atoms with E-state index < -0.39 is 19.2 Å². The number of carbonyl (C=O) groups excluding carboxylic acids is 1. The average Bonchev–Trinajstić information content (AvgIpc) is 2.15. The molecule has 76 valence electrons. The maximum Gasteiger partial charge on any atom is 0.350 e. The Morgan fingerprint density at radius 3 is 2.21 bits per heavy atom. The summed E-state index contributed by atoms with van der Waals surface area (Å²) in [4.78, 5) is 28.7. The minimum atomic E-state index is -4.55. The van der Waals surface area contributed by atoms with Crippen LogP contribution < -0.4 is 5.73 Å². The van der Waals surface area contributed by atoms with Gasteiger partial charge in [-0.25, -0.2) is 0 Å². The summed E-state index contributed by atoms with van der Waals surface area (Å²) in [7, 11) is -4.55. The molecule has 1 rings (SSSR count). The molecule has 1 unspecified atom stereocenters. The molecule has 5 nitrogen and oxygen atoms in total. The lowest BCUT2D eigenvalue weighted by atomic mass is 10.1. The summed E-state index contributed by atoms with van der Waals surface area (Å²) in [5.74, 6) is -2.52. The van der Waals surface area contributed by atoms with Gasteiger partial charge in [0.1, 0.15) is 0 Å². The Labute approximate surface area is 80.7 Å². The molecule has 0 bridgehead atoms. The second kappa shape index (κ2) is 4.02. The zero-order chi connectivity index (χ0) is 10.8. The number of carbonyl (C=O) groups is 1. The Morgan fingerprint density at radius 1 is 1.29 bits per heavy atom. The van der Waals surface area contributed by atoms with Gasteiger partial charge in [0.2, 0.25) is 0 Å². The molecule has 0 fully saturated rings. The fraction of sp³-hybridized carbons (Fsp3) is 0.125. The van der Waals surface area contributed by atoms with Gasteiger partial charge in [0.05, 0.1) is 0 Å². The van der Waals surface area contributed by atoms with Gasteiger partial charge in [0, 0.05) is 5.56 Å². The van der Waals surface area contributed by atoms with E-state index in [0.29, 0.717) is 0 Å². The summed E-state index contributed by atoms with van der Waals surface area (Å²) < 4.78 is 10.7. The van der Waals surface area contributed by atoms with Gasteiger partial charge < -0.3 is 15.5 Å². The van der Waals surface area contributed by atoms with E-state index in [1.54, 1.807) is 18.2 Å². The minimum absolute atomic E-state index is 0.198. The molecule has 1 aromatic carbocycles. The van der Waals surface area contributed by atoms with Crippen molar-refractivity contribution in [3.8, 4) is 0 Å². The van der Waals surface area contributed by atoms with Crippen LogP contribution in [0, 0.1) is 0 Å². The van der Waals surface area contributed by atoms with Crippen molar-refractivity contribution >= 4 is 13.4 Å². The summed E-state index contributed by atoms with van der Waals surface area (Å²) in [5.41, 5.74) is 5.31. The van der Waals surface area contributed by atoms with E-state index in [0.717, 1.165) is 0 Å². The quantitative estimate of drug-likeness (QED) is 0.498. The van der Waals surface area contributed by atoms with Gasteiger partial charge in [-0.05, 0) is 0 Å². The first-order valence-corrected chi connectivity index (χ1v) is 5.51. The van der Waals surface area contributed by atoms with Crippen molar-refractivity contribution in [1.29, 1.82) is 0 Å². The molecule has 0 saturated heterocycles. The first-order chi connectivity index (χ1) is 6.43. The van der Waals surface area contributed by atoms with E-state index in [2.05, 4.69) is 0 Å². The van der Waals surface area contributed by atoms with E-state index in [1.165, 1.54) is 12.1 Å². The molecule has 0 aliphatic rings. The van der Waals surface area contributed by atoms with Gasteiger partial charge in [-0.1, -0.05) is 30.3 Å². The number of hydrogen-bond acceptors (Lipinski definition) is 3. The first-order valence-electron chi connectivity index (χ1n) is 3.83. The topological polar surface area (TPSA) is 101 Å². The number of hydrogen-bond donors (Lipinski definition) is 3. The SMILES string of the molecule is NC(C(=O)c1ccccc1)P(=O)(O)O. The largest absolute Gasteiger partial charge is 0.350 e. The van der Waals surface area contributed by atoms with Crippen molar-refractivity contribution in [2.45, 2.75) is 5.78 Å². The zero-order valence-corrected chi connectivity index (χ0v) is 8.09. The summed E-state index contributed by atoms with van der Waals surface area (Å²) in [5, 5.41) is 0. The van der Waals surface area contributed by atoms with Crippen LogP contribution in [0.25, 0.3) is 0 Å². The van der Waals surface area contributed by atoms with Crippen LogP contribution in [0.3, 0.4) is 0 Å². The van der Waals surface area contributed by atoms with E-state index >= 15 is 0 Å². The van der Waals surface area contributed by atoms with Crippen LogP contribution in [-0.4, -0.2) is 21.4 Å². The lowest BCUT2D eigenvalue weighted by Gasteiger charge is -2.11. The average molecular weight is 215 g/mol. The third kappa shape index (κ3) is 2.49. The summed E-state index contributed by atoms with van der Waals surface area (Å²) in [6.45, 7) is 0. The predicted octanol–water partition coefficient (Wildman–Crippen LogP) is 0.332. The van der Waals surface area contributed by atoms with Gasteiger partial charge in [-0.2, -0.15) is 0 Å². The molecule has 4 N–H and O–H groups in total. The van der Waals surface area contributed by atoms with Crippen molar-refractivity contribution in [3.05, 3.63) is 35.9 Å².